The Morgan fingerprint density at radius 1 is 1.04 bits per heavy atom. The number of fused-ring (bicyclic) bond motifs is 1. The smallest absolute Gasteiger partial charge is 0.220 e. The van der Waals surface area contributed by atoms with Crippen LogP contribution in [-0.4, -0.2) is 30.2 Å². The summed E-state index contributed by atoms with van der Waals surface area (Å²) in [5.74, 6) is 0. The molecule has 4 rings (SSSR count). The van der Waals surface area contributed by atoms with Crippen LogP contribution in [0.3, 0.4) is 0 Å². The summed E-state index contributed by atoms with van der Waals surface area (Å²) in [7, 11) is 0. The lowest BCUT2D eigenvalue weighted by Crippen LogP contribution is -2.00. The predicted molar refractivity (Wildman–Crippen MR) is 94.9 cm³/mol. The van der Waals surface area contributed by atoms with E-state index >= 15 is 0 Å². The standard InChI is InChI=1S/C16H14N6S2/c1-9-4-5-12(6-10(9)2)22-16(19-20-21-22)24-15-13-7-11(3)23-14(13)17-8-18-15/h4-8H,1-3H3. The second-order valence-corrected chi connectivity index (χ2v) is 7.69. The highest BCUT2D eigenvalue weighted by Crippen LogP contribution is 2.34. The van der Waals surface area contributed by atoms with E-state index in [1.165, 1.54) is 27.8 Å². The Kier molecular flexibility index (Phi) is 3.78. The molecule has 0 aliphatic rings. The van der Waals surface area contributed by atoms with E-state index in [2.05, 4.69) is 64.5 Å². The Hall–Kier alpha value is -2.32. The summed E-state index contributed by atoms with van der Waals surface area (Å²) >= 11 is 3.11. The van der Waals surface area contributed by atoms with Crippen molar-refractivity contribution >= 4 is 33.3 Å². The van der Waals surface area contributed by atoms with Gasteiger partial charge in [-0.2, -0.15) is 4.68 Å². The summed E-state index contributed by atoms with van der Waals surface area (Å²) < 4.78 is 1.74. The summed E-state index contributed by atoms with van der Waals surface area (Å²) in [5.41, 5.74) is 3.39. The van der Waals surface area contributed by atoms with Gasteiger partial charge in [0.15, 0.2) is 0 Å². The van der Waals surface area contributed by atoms with Gasteiger partial charge in [0.1, 0.15) is 16.2 Å². The fourth-order valence-corrected chi connectivity index (χ4v) is 4.14. The largest absolute Gasteiger partial charge is 0.229 e. The van der Waals surface area contributed by atoms with Crippen molar-refractivity contribution in [2.24, 2.45) is 0 Å². The van der Waals surface area contributed by atoms with Gasteiger partial charge in [-0.3, -0.25) is 0 Å². The van der Waals surface area contributed by atoms with Crippen molar-refractivity contribution in [2.45, 2.75) is 31.0 Å². The average Bonchev–Trinajstić information content (AvgIpc) is 3.16. The zero-order chi connectivity index (χ0) is 16.7. The molecule has 0 spiro atoms. The summed E-state index contributed by atoms with van der Waals surface area (Å²) in [5, 5.41) is 14.7. The molecule has 0 saturated carbocycles. The molecule has 6 nitrogen and oxygen atoms in total. The van der Waals surface area contributed by atoms with E-state index in [-0.39, 0.29) is 0 Å². The zero-order valence-electron chi connectivity index (χ0n) is 13.4. The number of tetrazole rings is 1. The molecule has 3 aromatic heterocycles. The number of benzene rings is 1. The Morgan fingerprint density at radius 2 is 1.92 bits per heavy atom. The quantitative estimate of drug-likeness (QED) is 0.522. The third-order valence-electron chi connectivity index (χ3n) is 3.78. The lowest BCUT2D eigenvalue weighted by Gasteiger charge is -2.07. The molecule has 4 aromatic rings. The molecular weight excluding hydrogens is 340 g/mol. The molecule has 0 unspecified atom stereocenters. The first-order valence-corrected chi connectivity index (χ1v) is 9.00. The van der Waals surface area contributed by atoms with Crippen LogP contribution >= 0.6 is 23.1 Å². The van der Waals surface area contributed by atoms with Crippen molar-refractivity contribution in [1.82, 2.24) is 30.2 Å². The maximum atomic E-state index is 4.41. The number of thiophene rings is 1. The number of aryl methyl sites for hydroxylation is 3. The second-order valence-electron chi connectivity index (χ2n) is 5.50. The first-order valence-electron chi connectivity index (χ1n) is 7.37. The lowest BCUT2D eigenvalue weighted by molar-refractivity contribution is 0.755. The first-order chi connectivity index (χ1) is 11.6. The van der Waals surface area contributed by atoms with Gasteiger partial charge in [-0.25, -0.2) is 9.97 Å². The Balaban J connectivity index is 1.76. The first kappa shape index (κ1) is 15.2. The second kappa shape index (κ2) is 5.95. The van der Waals surface area contributed by atoms with Crippen LogP contribution in [0.1, 0.15) is 16.0 Å². The van der Waals surface area contributed by atoms with Crippen molar-refractivity contribution in [3.05, 3.63) is 46.6 Å². The van der Waals surface area contributed by atoms with Crippen LogP contribution in [0, 0.1) is 20.8 Å². The molecule has 0 aliphatic heterocycles. The highest BCUT2D eigenvalue weighted by Gasteiger charge is 2.15. The third kappa shape index (κ3) is 2.67. The number of hydrogen-bond acceptors (Lipinski definition) is 7. The predicted octanol–water partition coefficient (Wildman–Crippen LogP) is 3.74. The summed E-state index contributed by atoms with van der Waals surface area (Å²) in [4.78, 5) is 10.9. The number of aromatic nitrogens is 6. The van der Waals surface area contributed by atoms with E-state index in [9.17, 15) is 0 Å². The fraction of sp³-hybridized carbons (Fsp3) is 0.188. The summed E-state index contributed by atoms with van der Waals surface area (Å²) in [6, 6.07) is 8.28. The molecule has 0 saturated heterocycles. The normalized spacial score (nSPS) is 11.3. The monoisotopic (exact) mass is 354 g/mol. The van der Waals surface area contributed by atoms with E-state index < -0.39 is 0 Å². The molecule has 3 heterocycles. The topological polar surface area (TPSA) is 69.4 Å². The van der Waals surface area contributed by atoms with E-state index in [1.54, 1.807) is 22.3 Å². The summed E-state index contributed by atoms with van der Waals surface area (Å²) in [6.45, 7) is 6.24. The molecule has 0 atom stereocenters. The van der Waals surface area contributed by atoms with Gasteiger partial charge in [0.2, 0.25) is 5.16 Å². The van der Waals surface area contributed by atoms with Gasteiger partial charge in [0.05, 0.1) is 5.69 Å². The highest BCUT2D eigenvalue weighted by atomic mass is 32.2. The number of nitrogens with zero attached hydrogens (tertiary/aromatic N) is 6. The molecule has 0 bridgehead atoms. The van der Waals surface area contributed by atoms with Crippen molar-refractivity contribution in [3.8, 4) is 5.69 Å². The van der Waals surface area contributed by atoms with Crippen LogP contribution in [0.4, 0.5) is 0 Å². The van der Waals surface area contributed by atoms with Gasteiger partial charge in [0.25, 0.3) is 0 Å². The summed E-state index contributed by atoms with van der Waals surface area (Å²) in [6.07, 6.45) is 1.59. The van der Waals surface area contributed by atoms with Crippen LogP contribution in [0.2, 0.25) is 0 Å². The van der Waals surface area contributed by atoms with Crippen LogP contribution in [-0.2, 0) is 0 Å². The number of hydrogen-bond donors (Lipinski definition) is 0. The molecule has 0 aliphatic carbocycles. The molecule has 1 aromatic carbocycles. The van der Waals surface area contributed by atoms with Gasteiger partial charge in [-0.15, -0.1) is 16.4 Å². The van der Waals surface area contributed by atoms with Crippen molar-refractivity contribution in [2.75, 3.05) is 0 Å². The van der Waals surface area contributed by atoms with Crippen LogP contribution in [0.15, 0.2) is 40.8 Å². The van der Waals surface area contributed by atoms with E-state index in [0.717, 1.165) is 20.9 Å². The van der Waals surface area contributed by atoms with Crippen LogP contribution in [0.25, 0.3) is 15.9 Å². The van der Waals surface area contributed by atoms with E-state index in [4.69, 9.17) is 0 Å². The third-order valence-corrected chi connectivity index (χ3v) is 5.69. The van der Waals surface area contributed by atoms with Crippen molar-refractivity contribution in [3.63, 3.8) is 0 Å². The minimum atomic E-state index is 0.683. The maximum Gasteiger partial charge on any atom is 0.220 e. The molecular formula is C16H14N6S2. The Labute approximate surface area is 147 Å². The SMILES string of the molecule is Cc1cc2c(Sc3nnnn3-c3ccc(C)c(C)c3)ncnc2s1. The van der Waals surface area contributed by atoms with Gasteiger partial charge >= 0.3 is 0 Å². The molecule has 0 fully saturated rings. The molecule has 24 heavy (non-hydrogen) atoms. The van der Waals surface area contributed by atoms with Gasteiger partial charge in [-0.1, -0.05) is 6.07 Å². The molecule has 120 valence electrons. The Bertz CT molecular complexity index is 1040. The fourth-order valence-electron chi connectivity index (χ4n) is 2.38. The molecule has 0 N–H and O–H groups in total. The van der Waals surface area contributed by atoms with Crippen molar-refractivity contribution in [1.29, 1.82) is 0 Å². The van der Waals surface area contributed by atoms with Crippen molar-refractivity contribution < 1.29 is 0 Å². The van der Waals surface area contributed by atoms with E-state index in [0.29, 0.717) is 5.16 Å². The Morgan fingerprint density at radius 3 is 2.75 bits per heavy atom. The zero-order valence-corrected chi connectivity index (χ0v) is 15.0. The van der Waals surface area contributed by atoms with Crippen LogP contribution < -0.4 is 0 Å². The highest BCUT2D eigenvalue weighted by molar-refractivity contribution is 7.99. The van der Waals surface area contributed by atoms with Gasteiger partial charge in [-0.05, 0) is 72.3 Å². The van der Waals surface area contributed by atoms with Gasteiger partial charge < -0.3 is 0 Å². The van der Waals surface area contributed by atoms with Crippen LogP contribution in [0.5, 0.6) is 0 Å². The minimum Gasteiger partial charge on any atom is -0.229 e. The number of rotatable bonds is 3. The lowest BCUT2D eigenvalue weighted by atomic mass is 10.1. The minimum absolute atomic E-state index is 0.683. The molecule has 0 radical (unpaired) electrons. The molecule has 0 amide bonds. The maximum absolute atomic E-state index is 4.41. The average molecular weight is 354 g/mol. The van der Waals surface area contributed by atoms with Gasteiger partial charge in [0, 0.05) is 10.3 Å². The molecule has 8 heteroatoms. The van der Waals surface area contributed by atoms with E-state index in [1.807, 2.05) is 6.07 Å².